The van der Waals surface area contributed by atoms with Crippen molar-refractivity contribution in [2.45, 2.75) is 51.8 Å². The summed E-state index contributed by atoms with van der Waals surface area (Å²) in [5.41, 5.74) is 2.37. The van der Waals surface area contributed by atoms with Gasteiger partial charge < -0.3 is 15.4 Å². The number of aromatic nitrogens is 1. The standard InChI is InChI=1S/C19H26N4OS/c1-14-9-11-25-17(14)13-23-19(20-2)22-12-15-6-5-10-21-18(15)24-16-7-3-4-8-16/h5-6,9-11,16H,3-4,7-8,12-13H2,1-2H3,(H2,20,22,23). The molecule has 1 aliphatic rings. The van der Waals surface area contributed by atoms with E-state index in [1.807, 2.05) is 6.07 Å². The van der Waals surface area contributed by atoms with Gasteiger partial charge in [-0.2, -0.15) is 0 Å². The lowest BCUT2D eigenvalue weighted by Crippen LogP contribution is -2.36. The highest BCUT2D eigenvalue weighted by Crippen LogP contribution is 2.24. The number of hydrogen-bond donors (Lipinski definition) is 2. The smallest absolute Gasteiger partial charge is 0.218 e. The van der Waals surface area contributed by atoms with Crippen LogP contribution in [0.3, 0.4) is 0 Å². The van der Waals surface area contributed by atoms with Crippen LogP contribution in [0, 0.1) is 6.92 Å². The van der Waals surface area contributed by atoms with E-state index in [1.54, 1.807) is 24.6 Å². The van der Waals surface area contributed by atoms with Crippen LogP contribution in [0.1, 0.15) is 41.7 Å². The summed E-state index contributed by atoms with van der Waals surface area (Å²) in [6.07, 6.45) is 6.88. The van der Waals surface area contributed by atoms with Gasteiger partial charge in [0.15, 0.2) is 5.96 Å². The molecule has 0 atom stereocenters. The Balaban J connectivity index is 1.55. The summed E-state index contributed by atoms with van der Waals surface area (Å²) in [5.74, 6) is 1.52. The minimum Gasteiger partial charge on any atom is -0.474 e. The van der Waals surface area contributed by atoms with E-state index in [2.05, 4.69) is 45.0 Å². The predicted octanol–water partition coefficient (Wildman–Crippen LogP) is 3.64. The normalized spacial score (nSPS) is 15.4. The fourth-order valence-electron chi connectivity index (χ4n) is 2.98. The molecule has 1 saturated carbocycles. The molecule has 0 unspecified atom stereocenters. The number of thiophene rings is 1. The monoisotopic (exact) mass is 358 g/mol. The summed E-state index contributed by atoms with van der Waals surface area (Å²) in [5, 5.41) is 8.84. The minimum absolute atomic E-state index is 0.313. The van der Waals surface area contributed by atoms with Crippen molar-refractivity contribution in [3.63, 3.8) is 0 Å². The number of aliphatic imine (C=N–C) groups is 1. The second-order valence-electron chi connectivity index (χ2n) is 6.30. The molecule has 5 nitrogen and oxygen atoms in total. The average Bonchev–Trinajstić information content (AvgIpc) is 3.28. The predicted molar refractivity (Wildman–Crippen MR) is 103 cm³/mol. The third-order valence-electron chi connectivity index (χ3n) is 4.48. The zero-order chi connectivity index (χ0) is 17.5. The molecule has 134 valence electrons. The first-order valence-corrected chi connectivity index (χ1v) is 9.72. The van der Waals surface area contributed by atoms with Crippen molar-refractivity contribution >= 4 is 17.3 Å². The Morgan fingerprint density at radius 1 is 1.28 bits per heavy atom. The molecule has 2 aromatic rings. The van der Waals surface area contributed by atoms with Crippen LogP contribution in [0.25, 0.3) is 0 Å². The zero-order valence-corrected chi connectivity index (χ0v) is 15.7. The van der Waals surface area contributed by atoms with Crippen LogP contribution < -0.4 is 15.4 Å². The van der Waals surface area contributed by atoms with Gasteiger partial charge in [0.25, 0.3) is 0 Å². The topological polar surface area (TPSA) is 58.5 Å². The molecule has 0 aromatic carbocycles. The maximum atomic E-state index is 6.10. The number of hydrogen-bond acceptors (Lipinski definition) is 4. The van der Waals surface area contributed by atoms with E-state index in [4.69, 9.17) is 4.74 Å². The Labute approximate surface area is 153 Å². The number of aryl methyl sites for hydroxylation is 1. The summed E-state index contributed by atoms with van der Waals surface area (Å²) in [6, 6.07) is 6.14. The Morgan fingerprint density at radius 3 is 2.80 bits per heavy atom. The first kappa shape index (κ1) is 17.7. The van der Waals surface area contributed by atoms with Gasteiger partial charge in [0.05, 0.1) is 6.54 Å². The third-order valence-corrected chi connectivity index (χ3v) is 5.51. The minimum atomic E-state index is 0.313. The molecule has 2 N–H and O–H groups in total. The number of ether oxygens (including phenoxy) is 1. The van der Waals surface area contributed by atoms with E-state index >= 15 is 0 Å². The van der Waals surface area contributed by atoms with Crippen molar-refractivity contribution in [2.24, 2.45) is 4.99 Å². The quantitative estimate of drug-likeness (QED) is 0.611. The highest BCUT2D eigenvalue weighted by atomic mass is 32.1. The molecule has 0 aliphatic heterocycles. The Kier molecular flexibility index (Phi) is 6.28. The molecule has 0 spiro atoms. The number of pyridine rings is 1. The van der Waals surface area contributed by atoms with Crippen LogP contribution in [-0.2, 0) is 13.1 Å². The molecule has 0 radical (unpaired) electrons. The molecule has 0 amide bonds. The lowest BCUT2D eigenvalue weighted by Gasteiger charge is -2.16. The summed E-state index contributed by atoms with van der Waals surface area (Å²) in [7, 11) is 1.79. The molecule has 0 saturated heterocycles. The summed E-state index contributed by atoms with van der Waals surface area (Å²) < 4.78 is 6.10. The van der Waals surface area contributed by atoms with Gasteiger partial charge in [-0.25, -0.2) is 4.98 Å². The van der Waals surface area contributed by atoms with Gasteiger partial charge in [-0.3, -0.25) is 4.99 Å². The molecule has 2 heterocycles. The van der Waals surface area contributed by atoms with Gasteiger partial charge in [-0.1, -0.05) is 6.07 Å². The number of rotatable bonds is 6. The molecule has 6 heteroatoms. The van der Waals surface area contributed by atoms with Crippen molar-refractivity contribution in [1.29, 1.82) is 0 Å². The second kappa shape index (κ2) is 8.85. The Bertz CT molecular complexity index is 707. The van der Waals surface area contributed by atoms with Crippen molar-refractivity contribution in [1.82, 2.24) is 15.6 Å². The van der Waals surface area contributed by atoms with E-state index < -0.39 is 0 Å². The van der Waals surface area contributed by atoms with Crippen LogP contribution >= 0.6 is 11.3 Å². The maximum Gasteiger partial charge on any atom is 0.218 e. The molecular weight excluding hydrogens is 332 g/mol. The highest BCUT2D eigenvalue weighted by Gasteiger charge is 2.18. The van der Waals surface area contributed by atoms with Crippen LogP contribution in [-0.4, -0.2) is 24.1 Å². The van der Waals surface area contributed by atoms with Crippen LogP contribution in [0.4, 0.5) is 0 Å². The molecular formula is C19H26N4OS. The molecule has 1 aliphatic carbocycles. The van der Waals surface area contributed by atoms with Crippen molar-refractivity contribution < 1.29 is 4.74 Å². The zero-order valence-electron chi connectivity index (χ0n) is 14.9. The van der Waals surface area contributed by atoms with Crippen LogP contribution in [0.5, 0.6) is 5.88 Å². The van der Waals surface area contributed by atoms with Gasteiger partial charge >= 0.3 is 0 Å². The van der Waals surface area contributed by atoms with Crippen molar-refractivity contribution in [2.75, 3.05) is 7.05 Å². The largest absolute Gasteiger partial charge is 0.474 e. The van der Waals surface area contributed by atoms with E-state index in [1.165, 1.54) is 23.3 Å². The second-order valence-corrected chi connectivity index (χ2v) is 7.30. The first-order chi connectivity index (χ1) is 12.3. The molecule has 1 fully saturated rings. The third kappa shape index (κ3) is 4.95. The first-order valence-electron chi connectivity index (χ1n) is 8.84. The molecule has 25 heavy (non-hydrogen) atoms. The molecule has 2 aromatic heterocycles. The van der Waals surface area contributed by atoms with Gasteiger partial charge in [-0.05, 0) is 55.7 Å². The molecule has 0 bridgehead atoms. The Hall–Kier alpha value is -2.08. The van der Waals surface area contributed by atoms with E-state index in [0.717, 1.165) is 36.8 Å². The van der Waals surface area contributed by atoms with Gasteiger partial charge in [-0.15, -0.1) is 11.3 Å². The van der Waals surface area contributed by atoms with Crippen LogP contribution in [0.2, 0.25) is 0 Å². The van der Waals surface area contributed by atoms with E-state index in [0.29, 0.717) is 12.6 Å². The summed E-state index contributed by atoms with van der Waals surface area (Å²) in [4.78, 5) is 10.1. The fourth-order valence-corrected chi connectivity index (χ4v) is 3.82. The van der Waals surface area contributed by atoms with Crippen molar-refractivity contribution in [3.8, 4) is 5.88 Å². The van der Waals surface area contributed by atoms with Crippen LogP contribution in [0.15, 0.2) is 34.8 Å². The average molecular weight is 359 g/mol. The van der Waals surface area contributed by atoms with E-state index in [9.17, 15) is 0 Å². The molecule has 3 rings (SSSR count). The van der Waals surface area contributed by atoms with Gasteiger partial charge in [0, 0.05) is 30.2 Å². The number of guanidine groups is 1. The highest BCUT2D eigenvalue weighted by molar-refractivity contribution is 7.10. The fraction of sp³-hybridized carbons (Fsp3) is 0.474. The van der Waals surface area contributed by atoms with Crippen molar-refractivity contribution in [3.05, 3.63) is 45.8 Å². The number of nitrogens with one attached hydrogen (secondary N) is 2. The summed E-state index contributed by atoms with van der Waals surface area (Å²) >= 11 is 1.76. The van der Waals surface area contributed by atoms with Gasteiger partial charge in [0.1, 0.15) is 6.10 Å². The number of nitrogens with zero attached hydrogens (tertiary/aromatic N) is 2. The lowest BCUT2D eigenvalue weighted by molar-refractivity contribution is 0.199. The summed E-state index contributed by atoms with van der Waals surface area (Å²) in [6.45, 7) is 3.55. The Morgan fingerprint density at radius 2 is 2.08 bits per heavy atom. The SMILES string of the molecule is CN=C(NCc1cccnc1OC1CCCC1)NCc1sccc1C. The lowest BCUT2D eigenvalue weighted by atomic mass is 10.2. The maximum absolute atomic E-state index is 6.10. The van der Waals surface area contributed by atoms with E-state index in [-0.39, 0.29) is 0 Å². The van der Waals surface area contributed by atoms with Gasteiger partial charge in [0.2, 0.25) is 5.88 Å².